The number of hydrogen-bond donors (Lipinski definition) is 2. The summed E-state index contributed by atoms with van der Waals surface area (Å²) in [5.41, 5.74) is -0.835. The van der Waals surface area contributed by atoms with Crippen LogP contribution < -0.4 is 10.0 Å². The average molecular weight is 441 g/mol. The molecule has 146 valence electrons. The molecule has 2 rings (SSSR count). The van der Waals surface area contributed by atoms with Crippen LogP contribution in [-0.4, -0.2) is 20.4 Å². The first-order valence-corrected chi connectivity index (χ1v) is 9.59. The number of hydrogen-bond acceptors (Lipinski definition) is 3. The monoisotopic (exact) mass is 440 g/mol. The molecule has 0 heterocycles. The zero-order valence-electron chi connectivity index (χ0n) is 13.6. The lowest BCUT2D eigenvalue weighted by atomic mass is 10.2. The van der Waals surface area contributed by atoms with Gasteiger partial charge < -0.3 is 5.32 Å². The summed E-state index contributed by atoms with van der Waals surface area (Å²) in [5.74, 6) is -0.732. The van der Waals surface area contributed by atoms with Crippen molar-refractivity contribution in [3.05, 3.63) is 58.1 Å². The van der Waals surface area contributed by atoms with Crippen LogP contribution in [0.5, 0.6) is 0 Å². The average Bonchev–Trinajstić information content (AvgIpc) is 2.57. The maximum atomic E-state index is 12.8. The molecule has 0 unspecified atom stereocenters. The molecule has 2 aromatic rings. The van der Waals surface area contributed by atoms with Crippen LogP contribution in [0.1, 0.15) is 12.5 Å². The number of carbonyl (C=O) groups is 1. The Morgan fingerprint density at radius 3 is 2.33 bits per heavy atom. The van der Waals surface area contributed by atoms with E-state index in [0.717, 1.165) is 18.2 Å². The fourth-order valence-corrected chi connectivity index (χ4v) is 3.56. The maximum absolute atomic E-state index is 12.8. The first-order chi connectivity index (χ1) is 12.4. The summed E-state index contributed by atoms with van der Waals surface area (Å²) in [7, 11) is -4.35. The predicted molar refractivity (Wildman–Crippen MR) is 96.3 cm³/mol. The zero-order chi connectivity index (χ0) is 20.4. The summed E-state index contributed by atoms with van der Waals surface area (Å²) in [5, 5.41) is 2.89. The van der Waals surface area contributed by atoms with E-state index in [9.17, 15) is 26.4 Å². The van der Waals surface area contributed by atoms with Gasteiger partial charge in [-0.3, -0.25) is 4.79 Å². The summed E-state index contributed by atoms with van der Waals surface area (Å²) < 4.78 is 64.8. The van der Waals surface area contributed by atoms with Gasteiger partial charge in [-0.15, -0.1) is 0 Å². The number of benzene rings is 2. The van der Waals surface area contributed by atoms with Crippen molar-refractivity contribution in [1.29, 1.82) is 0 Å². The Kier molecular flexibility index (Phi) is 6.41. The fraction of sp³-hybridized carbons (Fsp3) is 0.188. The van der Waals surface area contributed by atoms with Crippen LogP contribution in [0.15, 0.2) is 47.4 Å². The topological polar surface area (TPSA) is 75.3 Å². The molecule has 0 aliphatic heterocycles. The highest BCUT2D eigenvalue weighted by Crippen LogP contribution is 2.30. The van der Waals surface area contributed by atoms with Crippen molar-refractivity contribution in [2.45, 2.75) is 24.0 Å². The zero-order valence-corrected chi connectivity index (χ0v) is 16.0. The third kappa shape index (κ3) is 5.58. The molecule has 0 aromatic heterocycles. The number of anilines is 1. The van der Waals surface area contributed by atoms with E-state index in [1.165, 1.54) is 25.1 Å². The van der Waals surface area contributed by atoms with Gasteiger partial charge in [0.1, 0.15) is 0 Å². The van der Waals surface area contributed by atoms with Crippen molar-refractivity contribution in [1.82, 2.24) is 4.72 Å². The molecule has 27 heavy (non-hydrogen) atoms. The number of sulfonamides is 1. The third-order valence-corrected chi connectivity index (χ3v) is 5.66. The predicted octanol–water partition coefficient (Wildman–Crippen LogP) is 4.32. The van der Waals surface area contributed by atoms with Gasteiger partial charge in [-0.05, 0) is 43.3 Å². The van der Waals surface area contributed by atoms with Crippen LogP contribution in [0.25, 0.3) is 0 Å². The van der Waals surface area contributed by atoms with Gasteiger partial charge >= 0.3 is 6.18 Å². The van der Waals surface area contributed by atoms with E-state index in [1.807, 2.05) is 4.72 Å². The first kappa shape index (κ1) is 21.5. The summed E-state index contributed by atoms with van der Waals surface area (Å²) in [6.07, 6.45) is -4.69. The molecule has 0 radical (unpaired) electrons. The summed E-state index contributed by atoms with van der Waals surface area (Å²) in [6.45, 7) is 1.25. The lowest BCUT2D eigenvalue weighted by Crippen LogP contribution is -2.41. The van der Waals surface area contributed by atoms with E-state index < -0.39 is 38.6 Å². The number of nitrogens with one attached hydrogen (secondary N) is 2. The molecule has 5 nitrogen and oxygen atoms in total. The van der Waals surface area contributed by atoms with E-state index in [4.69, 9.17) is 23.2 Å². The lowest BCUT2D eigenvalue weighted by Gasteiger charge is -2.15. The van der Waals surface area contributed by atoms with E-state index in [1.54, 1.807) is 0 Å². The minimum Gasteiger partial charge on any atom is -0.325 e. The molecule has 2 aromatic carbocycles. The minimum atomic E-state index is -4.69. The molecule has 11 heteroatoms. The van der Waals surface area contributed by atoms with Crippen LogP contribution in [-0.2, 0) is 21.0 Å². The summed E-state index contributed by atoms with van der Waals surface area (Å²) in [6, 6.07) is 6.22. The standard InChI is InChI=1S/C16H13Cl2F3N2O3S/c1-9(15(24)22-11-5-6-13(17)14(18)8-11)23-27(25,26)12-4-2-3-10(7-12)16(19,20)21/h2-9,23H,1H3,(H,22,24)/t9-/m0/s1. The van der Waals surface area contributed by atoms with Crippen LogP contribution in [0.4, 0.5) is 18.9 Å². The van der Waals surface area contributed by atoms with Gasteiger partial charge in [0.15, 0.2) is 0 Å². The highest BCUT2D eigenvalue weighted by molar-refractivity contribution is 7.89. The van der Waals surface area contributed by atoms with Crippen LogP contribution >= 0.6 is 23.2 Å². The quantitative estimate of drug-likeness (QED) is 0.726. The van der Waals surface area contributed by atoms with E-state index in [0.29, 0.717) is 6.07 Å². The molecule has 0 aliphatic carbocycles. The van der Waals surface area contributed by atoms with Crippen LogP contribution in [0.2, 0.25) is 10.0 Å². The van der Waals surface area contributed by atoms with E-state index in [-0.39, 0.29) is 15.7 Å². The molecule has 0 fully saturated rings. The molecular weight excluding hydrogens is 428 g/mol. The van der Waals surface area contributed by atoms with Crippen LogP contribution in [0.3, 0.4) is 0 Å². The molecule has 2 N–H and O–H groups in total. The Morgan fingerprint density at radius 1 is 1.07 bits per heavy atom. The fourth-order valence-electron chi connectivity index (χ4n) is 2.02. The second-order valence-electron chi connectivity index (χ2n) is 5.49. The molecule has 0 saturated heterocycles. The summed E-state index contributed by atoms with van der Waals surface area (Å²) >= 11 is 11.6. The largest absolute Gasteiger partial charge is 0.416 e. The second-order valence-corrected chi connectivity index (χ2v) is 8.02. The molecule has 0 bridgehead atoms. The van der Waals surface area contributed by atoms with Crippen molar-refractivity contribution < 1.29 is 26.4 Å². The van der Waals surface area contributed by atoms with Crippen molar-refractivity contribution in [3.8, 4) is 0 Å². The molecule has 0 spiro atoms. The van der Waals surface area contributed by atoms with Gasteiger partial charge in [0.05, 0.1) is 26.5 Å². The van der Waals surface area contributed by atoms with Gasteiger partial charge in [0, 0.05) is 5.69 Å². The van der Waals surface area contributed by atoms with Gasteiger partial charge in [0.2, 0.25) is 15.9 Å². The SMILES string of the molecule is C[C@H](NS(=O)(=O)c1cccc(C(F)(F)F)c1)C(=O)Nc1ccc(Cl)c(Cl)c1. The molecule has 1 amide bonds. The Morgan fingerprint density at radius 2 is 1.74 bits per heavy atom. The number of amides is 1. The van der Waals surface area contributed by atoms with Gasteiger partial charge in [-0.2, -0.15) is 17.9 Å². The molecule has 0 aliphatic rings. The van der Waals surface area contributed by atoms with Crippen LogP contribution in [0, 0.1) is 0 Å². The van der Waals surface area contributed by atoms with Gasteiger partial charge in [0.25, 0.3) is 0 Å². The molecule has 0 saturated carbocycles. The highest BCUT2D eigenvalue weighted by Gasteiger charge is 2.32. The van der Waals surface area contributed by atoms with E-state index >= 15 is 0 Å². The van der Waals surface area contributed by atoms with Crippen molar-refractivity contribution in [2.75, 3.05) is 5.32 Å². The highest BCUT2D eigenvalue weighted by atomic mass is 35.5. The second kappa shape index (κ2) is 8.05. The number of carbonyl (C=O) groups excluding carboxylic acids is 1. The maximum Gasteiger partial charge on any atom is 0.416 e. The number of halogens is 5. The first-order valence-electron chi connectivity index (χ1n) is 7.35. The minimum absolute atomic E-state index is 0.187. The Bertz CT molecular complexity index is 966. The third-order valence-electron chi connectivity index (χ3n) is 3.38. The van der Waals surface area contributed by atoms with Gasteiger partial charge in [-0.25, -0.2) is 8.42 Å². The Hall–Kier alpha value is -1.81. The van der Waals surface area contributed by atoms with Crippen molar-refractivity contribution in [3.63, 3.8) is 0 Å². The smallest absolute Gasteiger partial charge is 0.325 e. The van der Waals surface area contributed by atoms with Crippen molar-refractivity contribution in [2.24, 2.45) is 0 Å². The van der Waals surface area contributed by atoms with Crippen molar-refractivity contribution >= 4 is 44.8 Å². The Labute approximate surface area is 163 Å². The Balaban J connectivity index is 2.14. The summed E-state index contributed by atoms with van der Waals surface area (Å²) in [4.78, 5) is 11.5. The van der Waals surface area contributed by atoms with E-state index in [2.05, 4.69) is 5.32 Å². The lowest BCUT2D eigenvalue weighted by molar-refractivity contribution is -0.137. The number of rotatable bonds is 5. The molecular formula is C16H13Cl2F3N2O3S. The normalized spacial score (nSPS) is 13.3. The van der Waals surface area contributed by atoms with Gasteiger partial charge in [-0.1, -0.05) is 29.3 Å². The number of alkyl halides is 3. The molecule has 1 atom stereocenters.